The zero-order chi connectivity index (χ0) is 9.26. The van der Waals surface area contributed by atoms with Gasteiger partial charge >= 0.3 is 0 Å². The maximum Gasteiger partial charge on any atom is 0.262 e. The van der Waals surface area contributed by atoms with Crippen LogP contribution in [0.1, 0.15) is 6.42 Å². The topological polar surface area (TPSA) is 55.8 Å². The molecule has 0 aromatic carbocycles. The van der Waals surface area contributed by atoms with E-state index in [9.17, 15) is 4.79 Å². The third-order valence-electron chi connectivity index (χ3n) is 2.91. The summed E-state index contributed by atoms with van der Waals surface area (Å²) in [6.07, 6.45) is 1.12. The summed E-state index contributed by atoms with van der Waals surface area (Å²) in [6, 6.07) is -0.152. The summed E-state index contributed by atoms with van der Waals surface area (Å²) < 4.78 is 0. The molecule has 0 radical (unpaired) electrons. The molecule has 1 amide bonds. The first kappa shape index (κ1) is 8.93. The molecule has 3 saturated heterocycles. The zero-order valence-corrected chi connectivity index (χ0v) is 7.57. The van der Waals surface area contributed by atoms with Crippen molar-refractivity contribution in [3.8, 4) is 0 Å². The lowest BCUT2D eigenvalue weighted by Gasteiger charge is -2.35. The molecular weight excluding hydrogens is 170 g/mol. The molecule has 3 heterocycles. The molecule has 3 aliphatic heterocycles. The van der Waals surface area contributed by atoms with Gasteiger partial charge in [0.25, 0.3) is 5.91 Å². The SMILES string of the molecule is O=C(NO)C1CN2CCCN1CC2. The first-order valence-electron chi connectivity index (χ1n) is 4.71. The smallest absolute Gasteiger partial charge is 0.262 e. The van der Waals surface area contributed by atoms with E-state index in [-0.39, 0.29) is 11.9 Å². The molecule has 5 nitrogen and oxygen atoms in total. The number of carbonyl (C=O) groups excluding carboxylic acids is 1. The normalized spacial score (nSPS) is 38.4. The van der Waals surface area contributed by atoms with Crippen LogP contribution >= 0.6 is 0 Å². The highest BCUT2D eigenvalue weighted by atomic mass is 16.5. The molecule has 3 fully saturated rings. The van der Waals surface area contributed by atoms with Gasteiger partial charge in [0.05, 0.1) is 0 Å². The maximum absolute atomic E-state index is 11.3. The summed E-state index contributed by atoms with van der Waals surface area (Å²) >= 11 is 0. The van der Waals surface area contributed by atoms with Crippen LogP contribution in [-0.2, 0) is 4.79 Å². The Morgan fingerprint density at radius 2 is 2.15 bits per heavy atom. The Labute approximate surface area is 77.3 Å². The fourth-order valence-corrected chi connectivity index (χ4v) is 2.17. The van der Waals surface area contributed by atoms with E-state index in [1.807, 2.05) is 0 Å². The van der Waals surface area contributed by atoms with Gasteiger partial charge in [0.1, 0.15) is 6.04 Å². The monoisotopic (exact) mass is 185 g/mol. The molecule has 0 aromatic heterocycles. The van der Waals surface area contributed by atoms with Gasteiger partial charge in [-0.2, -0.15) is 0 Å². The number of nitrogens with one attached hydrogen (secondary N) is 1. The average molecular weight is 185 g/mol. The number of hydrogen-bond donors (Lipinski definition) is 2. The van der Waals surface area contributed by atoms with Gasteiger partial charge in [-0.15, -0.1) is 0 Å². The molecule has 0 spiro atoms. The number of hydrogen-bond acceptors (Lipinski definition) is 4. The van der Waals surface area contributed by atoms with E-state index >= 15 is 0 Å². The largest absolute Gasteiger partial charge is 0.300 e. The number of piperazine rings is 1. The molecule has 0 saturated carbocycles. The first-order chi connectivity index (χ1) is 6.31. The van der Waals surface area contributed by atoms with Gasteiger partial charge in [-0.1, -0.05) is 0 Å². The lowest BCUT2D eigenvalue weighted by molar-refractivity contribution is -0.136. The molecule has 5 heteroatoms. The molecule has 0 aromatic rings. The minimum Gasteiger partial charge on any atom is -0.300 e. The van der Waals surface area contributed by atoms with E-state index in [0.29, 0.717) is 0 Å². The Bertz CT molecular complexity index is 206. The van der Waals surface area contributed by atoms with Crippen molar-refractivity contribution in [2.45, 2.75) is 12.5 Å². The molecule has 2 N–H and O–H groups in total. The fraction of sp³-hybridized carbons (Fsp3) is 0.875. The van der Waals surface area contributed by atoms with Crippen molar-refractivity contribution >= 4 is 5.91 Å². The second kappa shape index (κ2) is 3.61. The van der Waals surface area contributed by atoms with Gasteiger partial charge in [0, 0.05) is 26.2 Å². The molecule has 3 aliphatic rings. The van der Waals surface area contributed by atoms with Crippen LogP contribution in [0, 0.1) is 0 Å². The number of nitrogens with zero attached hydrogens (tertiary/aromatic N) is 2. The highest BCUT2D eigenvalue weighted by molar-refractivity contribution is 5.81. The zero-order valence-electron chi connectivity index (χ0n) is 7.57. The summed E-state index contributed by atoms with van der Waals surface area (Å²) in [5, 5.41) is 8.56. The molecule has 0 aliphatic carbocycles. The van der Waals surface area contributed by atoms with Crippen LogP contribution in [0.25, 0.3) is 0 Å². The van der Waals surface area contributed by atoms with Crippen molar-refractivity contribution in [3.63, 3.8) is 0 Å². The third kappa shape index (κ3) is 1.67. The molecule has 74 valence electrons. The lowest BCUT2D eigenvalue weighted by Crippen LogP contribution is -2.56. The predicted molar refractivity (Wildman–Crippen MR) is 46.3 cm³/mol. The van der Waals surface area contributed by atoms with Crippen LogP contribution in [0.2, 0.25) is 0 Å². The minimum absolute atomic E-state index is 0.152. The Morgan fingerprint density at radius 1 is 1.31 bits per heavy atom. The minimum atomic E-state index is -0.272. The molecule has 3 rings (SSSR count). The van der Waals surface area contributed by atoms with Crippen LogP contribution in [0.5, 0.6) is 0 Å². The van der Waals surface area contributed by atoms with E-state index in [0.717, 1.165) is 39.1 Å². The van der Waals surface area contributed by atoms with Crippen molar-refractivity contribution in [2.24, 2.45) is 0 Å². The number of amides is 1. The second-order valence-corrected chi connectivity index (χ2v) is 3.68. The standard InChI is InChI=1S/C8H15N3O2/c12-8(9-13)7-6-10-2-1-3-11(7)5-4-10/h7,13H,1-6H2,(H,9,12). The van der Waals surface area contributed by atoms with Crippen molar-refractivity contribution in [3.05, 3.63) is 0 Å². The van der Waals surface area contributed by atoms with Crippen molar-refractivity contribution in [1.82, 2.24) is 15.3 Å². The van der Waals surface area contributed by atoms with E-state index in [2.05, 4.69) is 9.80 Å². The van der Waals surface area contributed by atoms with E-state index in [4.69, 9.17) is 5.21 Å². The van der Waals surface area contributed by atoms with Gasteiger partial charge in [0.15, 0.2) is 0 Å². The average Bonchev–Trinajstić information content (AvgIpc) is 2.50. The Morgan fingerprint density at radius 3 is 2.92 bits per heavy atom. The lowest BCUT2D eigenvalue weighted by atomic mass is 10.2. The van der Waals surface area contributed by atoms with Gasteiger partial charge in [0.2, 0.25) is 0 Å². The van der Waals surface area contributed by atoms with Gasteiger partial charge in [-0.05, 0) is 13.0 Å². The second-order valence-electron chi connectivity index (χ2n) is 3.68. The summed E-state index contributed by atoms with van der Waals surface area (Å²) in [6.45, 7) is 4.79. The summed E-state index contributed by atoms with van der Waals surface area (Å²) in [4.78, 5) is 15.7. The number of carbonyl (C=O) groups is 1. The highest BCUT2D eigenvalue weighted by Gasteiger charge is 2.33. The van der Waals surface area contributed by atoms with E-state index < -0.39 is 0 Å². The summed E-state index contributed by atoms with van der Waals surface area (Å²) in [7, 11) is 0. The van der Waals surface area contributed by atoms with Gasteiger partial charge in [-0.3, -0.25) is 19.8 Å². The number of fused-ring (bicyclic) bond motifs is 4. The Hall–Kier alpha value is -0.650. The van der Waals surface area contributed by atoms with Crippen LogP contribution < -0.4 is 5.48 Å². The number of hydroxylamine groups is 1. The van der Waals surface area contributed by atoms with E-state index in [1.54, 1.807) is 5.48 Å². The highest BCUT2D eigenvalue weighted by Crippen LogP contribution is 2.15. The van der Waals surface area contributed by atoms with Gasteiger partial charge < -0.3 is 0 Å². The summed E-state index contributed by atoms with van der Waals surface area (Å²) in [5.41, 5.74) is 1.74. The van der Waals surface area contributed by atoms with Crippen LogP contribution in [0.3, 0.4) is 0 Å². The number of rotatable bonds is 1. The van der Waals surface area contributed by atoms with Crippen LogP contribution in [-0.4, -0.2) is 59.7 Å². The first-order valence-corrected chi connectivity index (χ1v) is 4.71. The van der Waals surface area contributed by atoms with E-state index in [1.165, 1.54) is 0 Å². The van der Waals surface area contributed by atoms with Gasteiger partial charge in [-0.25, -0.2) is 5.48 Å². The van der Waals surface area contributed by atoms with Crippen molar-refractivity contribution in [1.29, 1.82) is 0 Å². The fourth-order valence-electron chi connectivity index (χ4n) is 2.17. The van der Waals surface area contributed by atoms with Crippen LogP contribution in [0.15, 0.2) is 0 Å². The predicted octanol–water partition coefficient (Wildman–Crippen LogP) is -1.12. The molecular formula is C8H15N3O2. The molecule has 3 unspecified atom stereocenters. The van der Waals surface area contributed by atoms with Crippen LogP contribution in [0.4, 0.5) is 0 Å². The quantitative estimate of drug-likeness (QED) is 0.401. The molecule has 13 heavy (non-hydrogen) atoms. The van der Waals surface area contributed by atoms with Crippen molar-refractivity contribution in [2.75, 3.05) is 32.7 Å². The Balaban J connectivity index is 2.08. The summed E-state index contributed by atoms with van der Waals surface area (Å²) in [5.74, 6) is -0.272. The third-order valence-corrected chi connectivity index (χ3v) is 2.91. The molecule has 3 atom stereocenters. The maximum atomic E-state index is 11.3. The van der Waals surface area contributed by atoms with Crippen molar-refractivity contribution < 1.29 is 10.0 Å². The Kier molecular flexibility index (Phi) is 2.48. The molecule has 2 bridgehead atoms.